The number of nitrogens with one attached hydrogen (secondary N) is 1. The molecule has 1 amide bonds. The summed E-state index contributed by atoms with van der Waals surface area (Å²) in [6.45, 7) is 2.05. The molecule has 0 aliphatic heterocycles. The summed E-state index contributed by atoms with van der Waals surface area (Å²) in [6.07, 6.45) is 1.67. The Morgan fingerprint density at radius 3 is 2.96 bits per heavy atom. The Hall–Kier alpha value is -2.23. The molecule has 0 saturated carbocycles. The zero-order valence-corrected chi connectivity index (χ0v) is 15.7. The van der Waals surface area contributed by atoms with E-state index in [1.165, 1.54) is 11.3 Å². The Kier molecular flexibility index (Phi) is 4.51. The van der Waals surface area contributed by atoms with Gasteiger partial charge in [0.1, 0.15) is 15.6 Å². The van der Waals surface area contributed by atoms with Gasteiger partial charge in [0, 0.05) is 5.38 Å². The maximum absolute atomic E-state index is 12.4. The molecule has 1 N–H and O–H groups in total. The minimum atomic E-state index is -0.205. The second kappa shape index (κ2) is 6.95. The van der Waals surface area contributed by atoms with Gasteiger partial charge in [0.05, 0.1) is 15.9 Å². The number of benzene rings is 1. The summed E-state index contributed by atoms with van der Waals surface area (Å²) in [6, 6.07) is 7.98. The lowest BCUT2D eigenvalue weighted by molar-refractivity contribution is 0.102. The number of amides is 1. The lowest BCUT2D eigenvalue weighted by Gasteiger charge is -2.00. The molecule has 0 atom stereocenters. The third-order valence-electron chi connectivity index (χ3n) is 3.49. The largest absolute Gasteiger partial charge is 0.297 e. The molecule has 0 bridgehead atoms. The molecule has 0 saturated heterocycles. The summed E-state index contributed by atoms with van der Waals surface area (Å²) in [5.74, 6) is -0.205. The highest BCUT2D eigenvalue weighted by Gasteiger charge is 2.18. The van der Waals surface area contributed by atoms with Crippen LogP contribution in [-0.4, -0.2) is 25.5 Å². The van der Waals surface area contributed by atoms with E-state index in [1.807, 2.05) is 36.6 Å². The molecule has 3 heterocycles. The number of carbonyl (C=O) groups is 1. The first kappa shape index (κ1) is 16.2. The number of thiazole rings is 2. The van der Waals surface area contributed by atoms with Crippen molar-refractivity contribution in [1.82, 2.24) is 19.6 Å². The first-order chi connectivity index (χ1) is 12.2. The van der Waals surface area contributed by atoms with Crippen LogP contribution in [0.15, 0.2) is 29.6 Å². The van der Waals surface area contributed by atoms with Crippen molar-refractivity contribution in [2.75, 3.05) is 5.32 Å². The Bertz CT molecular complexity index is 1000. The van der Waals surface area contributed by atoms with Crippen molar-refractivity contribution < 1.29 is 4.79 Å². The van der Waals surface area contributed by atoms with Crippen molar-refractivity contribution in [2.45, 2.75) is 19.8 Å². The number of rotatable bonds is 5. The fraction of sp³-hybridized carbons (Fsp3) is 0.188. The minimum absolute atomic E-state index is 0.205. The van der Waals surface area contributed by atoms with Crippen LogP contribution in [0.2, 0.25) is 0 Å². The van der Waals surface area contributed by atoms with Crippen LogP contribution in [0.5, 0.6) is 0 Å². The van der Waals surface area contributed by atoms with Gasteiger partial charge >= 0.3 is 0 Å². The van der Waals surface area contributed by atoms with Crippen LogP contribution in [0, 0.1) is 0 Å². The quantitative estimate of drug-likeness (QED) is 0.546. The number of para-hydroxylation sites is 1. The van der Waals surface area contributed by atoms with Crippen LogP contribution in [0.1, 0.15) is 28.7 Å². The Morgan fingerprint density at radius 1 is 1.24 bits per heavy atom. The number of fused-ring (bicyclic) bond motifs is 1. The summed E-state index contributed by atoms with van der Waals surface area (Å²) >= 11 is 4.09. The molecule has 0 aliphatic rings. The Balaban J connectivity index is 1.55. The van der Waals surface area contributed by atoms with Crippen LogP contribution in [0.3, 0.4) is 0 Å². The number of carbonyl (C=O) groups excluding carboxylic acids is 1. The van der Waals surface area contributed by atoms with Gasteiger partial charge in [-0.05, 0) is 30.1 Å². The highest BCUT2D eigenvalue weighted by atomic mass is 32.1. The fourth-order valence-corrected chi connectivity index (χ4v) is 4.64. The van der Waals surface area contributed by atoms with Gasteiger partial charge in [-0.3, -0.25) is 10.1 Å². The van der Waals surface area contributed by atoms with E-state index < -0.39 is 0 Å². The SMILES string of the molecule is CCCc1nnsc1C(=O)Nc1nc(-c2nc3ccccc3s2)cs1. The van der Waals surface area contributed by atoms with Crippen molar-refractivity contribution in [3.8, 4) is 10.7 Å². The lowest BCUT2D eigenvalue weighted by atomic mass is 10.2. The van der Waals surface area contributed by atoms with Crippen LogP contribution in [0.25, 0.3) is 20.9 Å². The van der Waals surface area contributed by atoms with Crippen molar-refractivity contribution >= 4 is 55.5 Å². The second-order valence-corrected chi connectivity index (χ2v) is 7.92. The normalized spacial score (nSPS) is 11.1. The molecule has 0 radical (unpaired) electrons. The lowest BCUT2D eigenvalue weighted by Crippen LogP contribution is -2.12. The molecular weight excluding hydrogens is 374 g/mol. The minimum Gasteiger partial charge on any atom is -0.297 e. The first-order valence-corrected chi connectivity index (χ1v) is 10.2. The Morgan fingerprint density at radius 2 is 2.12 bits per heavy atom. The average Bonchev–Trinajstić information content (AvgIpc) is 3.33. The van der Waals surface area contributed by atoms with E-state index in [4.69, 9.17) is 0 Å². The number of aryl methyl sites for hydroxylation is 1. The fourth-order valence-electron chi connectivity index (χ4n) is 2.35. The third kappa shape index (κ3) is 3.30. The van der Waals surface area contributed by atoms with Gasteiger partial charge in [0.2, 0.25) is 0 Å². The highest BCUT2D eigenvalue weighted by molar-refractivity contribution is 7.22. The molecular formula is C16H13N5OS3. The van der Waals surface area contributed by atoms with Gasteiger partial charge in [0.25, 0.3) is 5.91 Å². The molecule has 0 unspecified atom stereocenters. The summed E-state index contributed by atoms with van der Waals surface area (Å²) in [7, 11) is 0. The molecule has 3 aromatic heterocycles. The van der Waals surface area contributed by atoms with Crippen LogP contribution in [-0.2, 0) is 6.42 Å². The van der Waals surface area contributed by atoms with Gasteiger partial charge < -0.3 is 0 Å². The molecule has 126 valence electrons. The van der Waals surface area contributed by atoms with Crippen LogP contribution >= 0.6 is 34.2 Å². The number of aromatic nitrogens is 4. The highest BCUT2D eigenvalue weighted by Crippen LogP contribution is 2.32. The number of hydrogen-bond donors (Lipinski definition) is 1. The zero-order chi connectivity index (χ0) is 17.2. The molecule has 0 spiro atoms. The van der Waals surface area contributed by atoms with Crippen LogP contribution in [0.4, 0.5) is 5.13 Å². The molecule has 0 aliphatic carbocycles. The summed E-state index contributed by atoms with van der Waals surface area (Å²) in [4.78, 5) is 22.1. The molecule has 9 heteroatoms. The van der Waals surface area contributed by atoms with E-state index in [-0.39, 0.29) is 5.91 Å². The van der Waals surface area contributed by atoms with Gasteiger partial charge in [0.15, 0.2) is 5.13 Å². The van der Waals surface area contributed by atoms with E-state index in [0.29, 0.717) is 10.0 Å². The summed E-state index contributed by atoms with van der Waals surface area (Å²) in [5.41, 5.74) is 2.48. The topological polar surface area (TPSA) is 80.7 Å². The second-order valence-electron chi connectivity index (χ2n) is 5.28. The molecule has 4 aromatic rings. The standard InChI is InChI=1S/C16H13N5OS3/c1-2-5-10-13(25-21-20-10)14(22)19-16-18-11(8-23-16)15-17-9-6-3-4-7-12(9)24-15/h3-4,6-8H,2,5H2,1H3,(H,18,19,22). The number of hydrogen-bond acceptors (Lipinski definition) is 8. The van der Waals surface area contributed by atoms with Crippen molar-refractivity contribution in [2.24, 2.45) is 0 Å². The van der Waals surface area contributed by atoms with Gasteiger partial charge in [-0.15, -0.1) is 27.8 Å². The predicted molar refractivity (Wildman–Crippen MR) is 103 cm³/mol. The van der Waals surface area contributed by atoms with Crippen molar-refractivity contribution in [1.29, 1.82) is 0 Å². The van der Waals surface area contributed by atoms with E-state index >= 15 is 0 Å². The van der Waals surface area contributed by atoms with E-state index in [2.05, 4.69) is 24.9 Å². The molecule has 6 nitrogen and oxygen atoms in total. The van der Waals surface area contributed by atoms with Gasteiger partial charge in [-0.25, -0.2) is 9.97 Å². The van der Waals surface area contributed by atoms with E-state index in [9.17, 15) is 4.79 Å². The Labute approximate surface area is 155 Å². The summed E-state index contributed by atoms with van der Waals surface area (Å²) in [5, 5.41) is 10.2. The van der Waals surface area contributed by atoms with Crippen molar-refractivity contribution in [3.05, 3.63) is 40.2 Å². The molecule has 25 heavy (non-hydrogen) atoms. The molecule has 4 rings (SSSR count). The number of anilines is 1. The van der Waals surface area contributed by atoms with E-state index in [1.54, 1.807) is 11.3 Å². The maximum Gasteiger partial charge on any atom is 0.271 e. The first-order valence-electron chi connectivity index (χ1n) is 7.68. The smallest absolute Gasteiger partial charge is 0.271 e. The predicted octanol–water partition coefficient (Wildman–Crippen LogP) is 4.48. The molecule has 0 fully saturated rings. The zero-order valence-electron chi connectivity index (χ0n) is 13.2. The average molecular weight is 388 g/mol. The summed E-state index contributed by atoms with van der Waals surface area (Å²) < 4.78 is 5.01. The van der Waals surface area contributed by atoms with Crippen molar-refractivity contribution in [3.63, 3.8) is 0 Å². The number of nitrogens with zero attached hydrogens (tertiary/aromatic N) is 4. The van der Waals surface area contributed by atoms with Gasteiger partial charge in [-0.2, -0.15) is 0 Å². The molecule has 1 aromatic carbocycles. The maximum atomic E-state index is 12.4. The van der Waals surface area contributed by atoms with Crippen LogP contribution < -0.4 is 5.32 Å². The van der Waals surface area contributed by atoms with Gasteiger partial charge in [-0.1, -0.05) is 30.0 Å². The van der Waals surface area contributed by atoms with E-state index in [0.717, 1.165) is 51.0 Å². The third-order valence-corrected chi connectivity index (χ3v) is 6.07. The monoisotopic (exact) mass is 387 g/mol.